The number of carboxylic acids is 1. The number of ether oxygens (including phenoxy) is 3. The molecule has 3 aliphatic heterocycles. The Labute approximate surface area is 396 Å². The molecule has 1 saturated heterocycles. The fourth-order valence-corrected chi connectivity index (χ4v) is 10.3. The van der Waals surface area contributed by atoms with E-state index in [-0.39, 0.29) is 42.2 Å². The van der Waals surface area contributed by atoms with Crippen LogP contribution in [0, 0.1) is 0 Å². The third-order valence-corrected chi connectivity index (χ3v) is 13.7. The number of rotatable bonds is 21. The Morgan fingerprint density at radius 3 is 2.51 bits per heavy atom. The Hall–Kier alpha value is -6.98. The van der Waals surface area contributed by atoms with E-state index in [1.54, 1.807) is 35.1 Å². The maximum absolute atomic E-state index is 13.5. The van der Waals surface area contributed by atoms with E-state index in [1.807, 2.05) is 41.3 Å². The molecule has 0 aliphatic carbocycles. The summed E-state index contributed by atoms with van der Waals surface area (Å²) in [6.45, 7) is 3.76. The molecule has 0 spiro atoms. The van der Waals surface area contributed by atoms with E-state index in [2.05, 4.69) is 36.2 Å². The van der Waals surface area contributed by atoms with E-state index >= 15 is 0 Å². The summed E-state index contributed by atoms with van der Waals surface area (Å²) in [6, 6.07) is 17.3. The normalized spacial score (nSPS) is 15.7. The minimum Gasteiger partial charge on any atom is -0.476 e. The second kappa shape index (κ2) is 20.9. The van der Waals surface area contributed by atoms with Gasteiger partial charge < -0.3 is 29.5 Å². The van der Waals surface area contributed by atoms with E-state index in [0.29, 0.717) is 111 Å². The molecular weight excluding hydrogens is 917 g/mol. The summed E-state index contributed by atoms with van der Waals surface area (Å²) in [5.74, 6) is -3.57. The molecule has 1 unspecified atom stereocenters. The molecular formula is C46H46N10O10S2. The molecule has 0 radical (unpaired) electrons. The van der Waals surface area contributed by atoms with Crippen molar-refractivity contribution in [2.24, 2.45) is 0 Å². The Morgan fingerprint density at radius 2 is 1.69 bits per heavy atom. The predicted molar refractivity (Wildman–Crippen MR) is 249 cm³/mol. The summed E-state index contributed by atoms with van der Waals surface area (Å²) in [5.41, 5.74) is 4.85. The predicted octanol–water partition coefficient (Wildman–Crippen LogP) is 4.55. The molecule has 6 aromatic rings. The molecule has 68 heavy (non-hydrogen) atoms. The Kier molecular flexibility index (Phi) is 14.2. The molecule has 352 valence electrons. The molecule has 0 saturated carbocycles. The fourth-order valence-electron chi connectivity index (χ4n) is 8.31. The lowest BCUT2D eigenvalue weighted by Crippen LogP contribution is -2.54. The van der Waals surface area contributed by atoms with Crippen molar-refractivity contribution < 1.29 is 48.1 Å². The highest BCUT2D eigenvalue weighted by Gasteiger charge is 2.45. The highest BCUT2D eigenvalue weighted by molar-refractivity contribution is 7.22. The number of piperidine rings is 1. The van der Waals surface area contributed by atoms with Gasteiger partial charge in [0.25, 0.3) is 17.7 Å². The Morgan fingerprint density at radius 1 is 0.882 bits per heavy atom. The number of para-hydroxylation sites is 1. The van der Waals surface area contributed by atoms with Crippen LogP contribution in [0.25, 0.3) is 10.2 Å². The maximum atomic E-state index is 13.5. The number of thiazole rings is 2. The van der Waals surface area contributed by atoms with Crippen LogP contribution in [-0.4, -0.2) is 123 Å². The number of imide groups is 2. The molecule has 0 bridgehead atoms. The van der Waals surface area contributed by atoms with Crippen LogP contribution in [-0.2, 0) is 56.3 Å². The van der Waals surface area contributed by atoms with Crippen LogP contribution in [0.5, 0.6) is 0 Å². The number of carbonyl (C=O) groups is 6. The highest BCUT2D eigenvalue weighted by atomic mass is 32.1. The number of nitrogens with zero attached hydrogens (tertiary/aromatic N) is 7. The third-order valence-electron chi connectivity index (χ3n) is 11.6. The van der Waals surface area contributed by atoms with Crippen molar-refractivity contribution >= 4 is 84.3 Å². The zero-order valence-corrected chi connectivity index (χ0v) is 38.2. The van der Waals surface area contributed by atoms with Crippen molar-refractivity contribution in [1.82, 2.24) is 35.2 Å². The Balaban J connectivity index is 0.664. The van der Waals surface area contributed by atoms with Gasteiger partial charge in [-0.05, 0) is 67.1 Å². The lowest BCUT2D eigenvalue weighted by Gasteiger charge is -2.29. The van der Waals surface area contributed by atoms with Crippen LogP contribution in [0.3, 0.4) is 0 Å². The first-order valence-electron chi connectivity index (χ1n) is 22.1. The maximum Gasteiger partial charge on any atom is 0.355 e. The molecule has 9 rings (SSSR count). The second-order valence-corrected chi connectivity index (χ2v) is 18.2. The van der Waals surface area contributed by atoms with Crippen molar-refractivity contribution in [3.05, 3.63) is 111 Å². The van der Waals surface area contributed by atoms with Gasteiger partial charge in [0, 0.05) is 48.7 Å². The molecule has 4 N–H and O–H groups in total. The van der Waals surface area contributed by atoms with Crippen molar-refractivity contribution in [3.8, 4) is 0 Å². The summed E-state index contributed by atoms with van der Waals surface area (Å²) in [7, 11) is 0. The SMILES string of the molecule is O=C1CCC(N2C(=O)c3cccc(NCCOCCOCCOCc4cn(CCCc5sc(N6CCc7cccc(C(=O)Nc8nc9ccccc9s8)c7C6)nc5C(=O)O)nn4)c3C2=O)C(=O)N1. The zero-order chi connectivity index (χ0) is 47.1. The van der Waals surface area contributed by atoms with Gasteiger partial charge in [-0.25, -0.2) is 14.8 Å². The number of carboxylic acid groups (broad SMARTS) is 1. The first-order valence-corrected chi connectivity index (χ1v) is 23.7. The van der Waals surface area contributed by atoms with Gasteiger partial charge in [-0.1, -0.05) is 46.9 Å². The number of carbonyl (C=O) groups excluding carboxylic acids is 5. The van der Waals surface area contributed by atoms with E-state index in [1.165, 1.54) is 22.7 Å². The third kappa shape index (κ3) is 10.3. The molecule has 6 heterocycles. The van der Waals surface area contributed by atoms with Crippen LogP contribution in [0.2, 0.25) is 0 Å². The molecule has 20 nitrogen and oxygen atoms in total. The van der Waals surface area contributed by atoms with E-state index in [0.717, 1.165) is 26.2 Å². The van der Waals surface area contributed by atoms with Gasteiger partial charge in [-0.15, -0.1) is 16.4 Å². The summed E-state index contributed by atoms with van der Waals surface area (Å²) >= 11 is 2.78. The number of benzene rings is 3. The number of hydrogen-bond donors (Lipinski definition) is 4. The molecule has 5 amide bonds. The van der Waals surface area contributed by atoms with Gasteiger partial charge in [0.2, 0.25) is 11.8 Å². The molecule has 22 heteroatoms. The van der Waals surface area contributed by atoms with Crippen LogP contribution in [0.1, 0.15) is 82.5 Å². The number of aromatic carboxylic acids is 1. The smallest absolute Gasteiger partial charge is 0.355 e. The Bertz CT molecular complexity index is 2860. The van der Waals surface area contributed by atoms with Gasteiger partial charge in [0.05, 0.1) is 67.2 Å². The van der Waals surface area contributed by atoms with Crippen molar-refractivity contribution in [3.63, 3.8) is 0 Å². The summed E-state index contributed by atoms with van der Waals surface area (Å²) < 4.78 is 19.7. The van der Waals surface area contributed by atoms with Gasteiger partial charge in [0.15, 0.2) is 16.0 Å². The molecule has 1 fully saturated rings. The first-order chi connectivity index (χ1) is 33.1. The largest absolute Gasteiger partial charge is 0.476 e. The van der Waals surface area contributed by atoms with Crippen molar-refractivity contribution in [1.29, 1.82) is 0 Å². The van der Waals surface area contributed by atoms with Crippen LogP contribution >= 0.6 is 22.7 Å². The first kappa shape index (κ1) is 46.1. The van der Waals surface area contributed by atoms with Gasteiger partial charge >= 0.3 is 5.97 Å². The molecule has 3 aliphatic rings. The fraction of sp³-hybridized carbons (Fsp3) is 0.348. The number of hydrogen-bond acceptors (Lipinski definition) is 17. The molecule has 3 aromatic heterocycles. The minimum absolute atomic E-state index is 0.0307. The second-order valence-electron chi connectivity index (χ2n) is 16.1. The quantitative estimate of drug-likeness (QED) is 0.0571. The summed E-state index contributed by atoms with van der Waals surface area (Å²) in [6.07, 6.45) is 3.70. The monoisotopic (exact) mass is 962 g/mol. The van der Waals surface area contributed by atoms with Gasteiger partial charge in [-0.2, -0.15) is 0 Å². The average molecular weight is 963 g/mol. The summed E-state index contributed by atoms with van der Waals surface area (Å²) in [5, 5.41) is 27.9. The average Bonchev–Trinajstić information content (AvgIpc) is 4.13. The molecule has 3 aromatic carbocycles. The standard InChI is InChI=1S/C46H46N10O10S2/c57-37-14-13-34(41(59)49-37)56-42(60)30-8-4-10-33(38(30)43(56)61)47-16-19-64-20-21-65-22-23-66-26-28-24-55(53-52-28)17-5-12-36-39(44(62)63)50-46(68-36)54-18-15-27-6-3-7-29(31(27)25-54)40(58)51-45-48-32-9-1-2-11-35(32)67-45/h1-4,6-11,24,34,47H,5,12-23,25-26H2,(H,62,63)(H,48,51,58)(H,49,57,59). The highest BCUT2D eigenvalue weighted by Crippen LogP contribution is 2.35. The van der Waals surface area contributed by atoms with E-state index < -0.39 is 35.6 Å². The van der Waals surface area contributed by atoms with Crippen LogP contribution < -0.4 is 20.9 Å². The number of aryl methyl sites for hydroxylation is 2. The van der Waals surface area contributed by atoms with E-state index in [4.69, 9.17) is 14.2 Å². The summed E-state index contributed by atoms with van der Waals surface area (Å²) in [4.78, 5) is 88.8. The number of aromatic nitrogens is 5. The van der Waals surface area contributed by atoms with Gasteiger partial charge in [-0.3, -0.25) is 44.2 Å². The number of nitrogens with one attached hydrogen (secondary N) is 3. The minimum atomic E-state index is -1.09. The topological polar surface area (TPSA) is 249 Å². The lowest BCUT2D eigenvalue weighted by molar-refractivity contribution is -0.136. The zero-order valence-electron chi connectivity index (χ0n) is 36.6. The lowest BCUT2D eigenvalue weighted by atomic mass is 9.94. The van der Waals surface area contributed by atoms with Gasteiger partial charge in [0.1, 0.15) is 11.7 Å². The van der Waals surface area contributed by atoms with Crippen LogP contribution in [0.15, 0.2) is 66.9 Å². The molecule has 1 atom stereocenters. The number of fused-ring (bicyclic) bond motifs is 3. The van der Waals surface area contributed by atoms with Crippen molar-refractivity contribution in [2.75, 3.05) is 61.7 Å². The number of anilines is 3. The van der Waals surface area contributed by atoms with E-state index in [9.17, 15) is 33.9 Å². The van der Waals surface area contributed by atoms with Crippen LogP contribution in [0.4, 0.5) is 16.0 Å². The van der Waals surface area contributed by atoms with Crippen molar-refractivity contribution in [2.45, 2.75) is 57.8 Å². The number of amides is 5.